The Kier molecular flexibility index (Phi) is 4.14. The second kappa shape index (κ2) is 6.59. The summed E-state index contributed by atoms with van der Waals surface area (Å²) in [5, 5.41) is 0. The van der Waals surface area contributed by atoms with Crippen molar-refractivity contribution in [3.8, 4) is 0 Å². The molecule has 0 saturated carbocycles. The Balaban J connectivity index is 1.70. The predicted octanol–water partition coefficient (Wildman–Crippen LogP) is 3.47. The lowest BCUT2D eigenvalue weighted by Crippen LogP contribution is -2.22. The molecule has 5 heteroatoms. The largest absolute Gasteiger partial charge is 0.465 e. The van der Waals surface area contributed by atoms with E-state index >= 15 is 0 Å². The van der Waals surface area contributed by atoms with Crippen LogP contribution < -0.4 is 4.90 Å². The number of benzene rings is 2. The number of nitrogens with zero attached hydrogens (tertiary/aromatic N) is 3. The molecule has 0 radical (unpaired) electrons. The van der Waals surface area contributed by atoms with Crippen molar-refractivity contribution in [2.24, 2.45) is 0 Å². The minimum Gasteiger partial charge on any atom is -0.465 e. The summed E-state index contributed by atoms with van der Waals surface area (Å²) in [6.45, 7) is 2.85. The Morgan fingerprint density at radius 3 is 2.52 bits per heavy atom. The lowest BCUT2D eigenvalue weighted by Gasteiger charge is -2.18. The van der Waals surface area contributed by atoms with Crippen molar-refractivity contribution in [3.05, 3.63) is 59.7 Å². The zero-order valence-electron chi connectivity index (χ0n) is 14.3. The van der Waals surface area contributed by atoms with Gasteiger partial charge in [-0.1, -0.05) is 24.3 Å². The molecule has 0 amide bonds. The number of para-hydroxylation sites is 2. The molecule has 0 aliphatic carbocycles. The number of aromatic nitrogens is 2. The zero-order chi connectivity index (χ0) is 17.2. The molecule has 0 unspecified atom stereocenters. The number of anilines is 1. The third-order valence-corrected chi connectivity index (χ3v) is 4.74. The number of hydrogen-bond acceptors (Lipinski definition) is 4. The predicted molar refractivity (Wildman–Crippen MR) is 98.1 cm³/mol. The Morgan fingerprint density at radius 2 is 1.80 bits per heavy atom. The quantitative estimate of drug-likeness (QED) is 0.685. The number of esters is 1. The monoisotopic (exact) mass is 335 g/mol. The highest BCUT2D eigenvalue weighted by Gasteiger charge is 2.20. The molecule has 2 aromatic carbocycles. The first-order valence-corrected chi connectivity index (χ1v) is 8.64. The molecule has 25 heavy (non-hydrogen) atoms. The van der Waals surface area contributed by atoms with Crippen LogP contribution in [0, 0.1) is 0 Å². The minimum atomic E-state index is -0.308. The molecule has 5 nitrogen and oxygen atoms in total. The smallest absolute Gasteiger partial charge is 0.337 e. The Morgan fingerprint density at radius 1 is 1.08 bits per heavy atom. The first-order chi connectivity index (χ1) is 12.3. The van der Waals surface area contributed by atoms with Crippen LogP contribution in [0.2, 0.25) is 0 Å². The molecular weight excluding hydrogens is 314 g/mol. The Labute approximate surface area is 146 Å². The van der Waals surface area contributed by atoms with Crippen LogP contribution >= 0.6 is 0 Å². The van der Waals surface area contributed by atoms with E-state index in [4.69, 9.17) is 9.72 Å². The van der Waals surface area contributed by atoms with Gasteiger partial charge in [0.25, 0.3) is 0 Å². The molecule has 1 saturated heterocycles. The molecule has 0 spiro atoms. The highest BCUT2D eigenvalue weighted by atomic mass is 16.5. The molecule has 1 aromatic heterocycles. The second-order valence-electron chi connectivity index (χ2n) is 6.37. The summed E-state index contributed by atoms with van der Waals surface area (Å²) in [5.74, 6) is 0.730. The summed E-state index contributed by atoms with van der Waals surface area (Å²) >= 11 is 0. The van der Waals surface area contributed by atoms with Crippen molar-refractivity contribution in [1.29, 1.82) is 0 Å². The molecule has 0 bridgehead atoms. The molecule has 0 N–H and O–H groups in total. The van der Waals surface area contributed by atoms with Crippen molar-refractivity contribution in [1.82, 2.24) is 9.55 Å². The fourth-order valence-electron chi connectivity index (χ4n) is 3.42. The van der Waals surface area contributed by atoms with E-state index in [0.29, 0.717) is 5.56 Å². The number of fused-ring (bicyclic) bond motifs is 1. The number of imidazole rings is 1. The van der Waals surface area contributed by atoms with E-state index in [2.05, 4.69) is 27.7 Å². The third-order valence-electron chi connectivity index (χ3n) is 4.74. The topological polar surface area (TPSA) is 47.4 Å². The van der Waals surface area contributed by atoms with Gasteiger partial charge in [0.2, 0.25) is 5.95 Å². The lowest BCUT2D eigenvalue weighted by atomic mass is 10.1. The van der Waals surface area contributed by atoms with Crippen LogP contribution in [0.3, 0.4) is 0 Å². The van der Waals surface area contributed by atoms with Crippen LogP contribution in [0.15, 0.2) is 48.5 Å². The highest BCUT2D eigenvalue weighted by molar-refractivity contribution is 5.89. The van der Waals surface area contributed by atoms with Crippen molar-refractivity contribution in [3.63, 3.8) is 0 Å². The van der Waals surface area contributed by atoms with E-state index in [1.807, 2.05) is 30.3 Å². The number of carbonyl (C=O) groups excluding carboxylic acids is 1. The number of ether oxygens (including phenoxy) is 1. The van der Waals surface area contributed by atoms with Gasteiger partial charge in [0, 0.05) is 13.1 Å². The summed E-state index contributed by atoms with van der Waals surface area (Å²) in [6.07, 6.45) is 2.44. The van der Waals surface area contributed by atoms with E-state index in [9.17, 15) is 4.79 Å². The molecule has 4 rings (SSSR count). The molecule has 1 fully saturated rings. The summed E-state index contributed by atoms with van der Waals surface area (Å²) in [6, 6.07) is 15.8. The molecule has 0 atom stereocenters. The van der Waals surface area contributed by atoms with Gasteiger partial charge in [-0.2, -0.15) is 0 Å². The van der Waals surface area contributed by atoms with Gasteiger partial charge in [0.1, 0.15) is 0 Å². The number of methoxy groups -OCH3 is 1. The number of rotatable bonds is 4. The van der Waals surface area contributed by atoms with E-state index < -0.39 is 0 Å². The van der Waals surface area contributed by atoms with Crippen molar-refractivity contribution in [2.75, 3.05) is 25.1 Å². The average Bonchev–Trinajstić information content (AvgIpc) is 3.30. The van der Waals surface area contributed by atoms with Crippen molar-refractivity contribution < 1.29 is 9.53 Å². The third kappa shape index (κ3) is 2.97. The average molecular weight is 335 g/mol. The van der Waals surface area contributed by atoms with Crippen LogP contribution in [0.25, 0.3) is 11.0 Å². The first kappa shape index (κ1) is 15.7. The van der Waals surface area contributed by atoms with Gasteiger partial charge in [-0.25, -0.2) is 9.78 Å². The maximum absolute atomic E-state index is 11.6. The minimum absolute atomic E-state index is 0.308. The first-order valence-electron chi connectivity index (χ1n) is 8.64. The van der Waals surface area contributed by atoms with Crippen LogP contribution in [0.1, 0.15) is 28.8 Å². The number of carbonyl (C=O) groups is 1. The summed E-state index contributed by atoms with van der Waals surface area (Å²) in [7, 11) is 1.40. The van der Waals surface area contributed by atoms with Crippen LogP contribution in [-0.2, 0) is 11.3 Å². The molecule has 1 aliphatic heterocycles. The maximum Gasteiger partial charge on any atom is 0.337 e. The highest BCUT2D eigenvalue weighted by Crippen LogP contribution is 2.26. The van der Waals surface area contributed by atoms with Gasteiger partial charge < -0.3 is 14.2 Å². The van der Waals surface area contributed by atoms with Gasteiger partial charge in [0.15, 0.2) is 0 Å². The summed E-state index contributed by atoms with van der Waals surface area (Å²) in [5.41, 5.74) is 3.87. The SMILES string of the molecule is COC(=O)c1ccc(Cn2c(N3CCCC3)nc3ccccc32)cc1. The summed E-state index contributed by atoms with van der Waals surface area (Å²) in [4.78, 5) is 18.8. The standard InChI is InChI=1S/C20H21N3O2/c1-25-19(24)16-10-8-15(9-11-16)14-23-18-7-3-2-6-17(18)21-20(23)22-12-4-5-13-22/h2-3,6-11H,4-5,12-14H2,1H3. The lowest BCUT2D eigenvalue weighted by molar-refractivity contribution is 0.0600. The summed E-state index contributed by atoms with van der Waals surface area (Å²) < 4.78 is 7.04. The Hall–Kier alpha value is -2.82. The van der Waals surface area contributed by atoms with Crippen LogP contribution in [0.4, 0.5) is 5.95 Å². The zero-order valence-corrected chi connectivity index (χ0v) is 14.3. The maximum atomic E-state index is 11.6. The molecule has 2 heterocycles. The van der Waals surface area contributed by atoms with Gasteiger partial charge >= 0.3 is 5.97 Å². The Bertz CT molecular complexity index is 893. The molecule has 128 valence electrons. The van der Waals surface area contributed by atoms with E-state index in [0.717, 1.165) is 42.2 Å². The molecule has 3 aromatic rings. The normalized spacial score (nSPS) is 14.2. The van der Waals surface area contributed by atoms with Gasteiger partial charge in [0.05, 0.1) is 30.3 Å². The number of hydrogen-bond donors (Lipinski definition) is 0. The van der Waals surface area contributed by atoms with E-state index in [1.54, 1.807) is 0 Å². The fourth-order valence-corrected chi connectivity index (χ4v) is 3.42. The van der Waals surface area contributed by atoms with Crippen LogP contribution in [-0.4, -0.2) is 35.7 Å². The van der Waals surface area contributed by atoms with E-state index in [-0.39, 0.29) is 5.97 Å². The molecule has 1 aliphatic rings. The van der Waals surface area contributed by atoms with Gasteiger partial charge in [-0.15, -0.1) is 0 Å². The van der Waals surface area contributed by atoms with Gasteiger partial charge in [-0.05, 0) is 42.7 Å². The van der Waals surface area contributed by atoms with E-state index in [1.165, 1.54) is 20.0 Å². The molecular formula is C20H21N3O2. The van der Waals surface area contributed by atoms with Gasteiger partial charge in [-0.3, -0.25) is 0 Å². The second-order valence-corrected chi connectivity index (χ2v) is 6.37. The van der Waals surface area contributed by atoms with Crippen LogP contribution in [0.5, 0.6) is 0 Å². The van der Waals surface area contributed by atoms with Crippen molar-refractivity contribution >= 4 is 23.0 Å². The fraction of sp³-hybridized carbons (Fsp3) is 0.300. The van der Waals surface area contributed by atoms with Crippen molar-refractivity contribution in [2.45, 2.75) is 19.4 Å².